The monoisotopic (exact) mass is 596 g/mol. The standard InChI is InChI=1S/C33H33ClN6O3/c1-38-30-23(12-20(14-27(30)43-2)33(42)40-16-19-9-11-24(40)29(19)35)37-32(38)25-13-18-8-10-22(21-4-3-5-26(41)28(21)34)36-31(18)39(25)15-17-6-7-17/h3-5,8,10,12-14,17,19,24,29,41H,6-7,9,11,15-16,35H2,1-2H3. The molecular weight excluding hydrogens is 564 g/mol. The van der Waals surface area contributed by atoms with Gasteiger partial charge in [-0.1, -0.05) is 23.7 Å². The molecule has 3 unspecified atom stereocenters. The van der Waals surface area contributed by atoms with Gasteiger partial charge < -0.3 is 29.6 Å². The number of carbonyl (C=O) groups excluding carboxylic acids is 1. The second-order valence-corrected chi connectivity index (χ2v) is 12.7. The van der Waals surface area contributed by atoms with Crippen LogP contribution < -0.4 is 10.5 Å². The average molecular weight is 597 g/mol. The van der Waals surface area contributed by atoms with Gasteiger partial charge in [-0.15, -0.1) is 0 Å². The maximum absolute atomic E-state index is 13.7. The number of amides is 1. The highest BCUT2D eigenvalue weighted by molar-refractivity contribution is 6.34. The minimum atomic E-state index is -0.0137. The van der Waals surface area contributed by atoms with Gasteiger partial charge in [0.05, 0.1) is 29.0 Å². The van der Waals surface area contributed by atoms with E-state index in [2.05, 4.69) is 10.6 Å². The lowest BCUT2D eigenvalue weighted by molar-refractivity contribution is 0.0700. The Morgan fingerprint density at radius 3 is 2.67 bits per heavy atom. The Morgan fingerprint density at radius 1 is 1.12 bits per heavy atom. The Morgan fingerprint density at radius 2 is 1.95 bits per heavy atom. The predicted molar refractivity (Wildman–Crippen MR) is 166 cm³/mol. The van der Waals surface area contributed by atoms with Crippen LogP contribution in [0.5, 0.6) is 11.5 Å². The van der Waals surface area contributed by atoms with Gasteiger partial charge in [0.1, 0.15) is 22.7 Å². The number of aromatic hydroxyl groups is 1. The predicted octanol–water partition coefficient (Wildman–Crippen LogP) is 5.60. The number of rotatable bonds is 6. The number of likely N-dealkylation sites (tertiary alicyclic amines) is 1. The van der Waals surface area contributed by atoms with Crippen molar-refractivity contribution in [2.75, 3.05) is 13.7 Å². The van der Waals surface area contributed by atoms with Crippen LogP contribution in [0.2, 0.25) is 5.02 Å². The Bertz CT molecular complexity index is 1940. The number of benzene rings is 2. The summed E-state index contributed by atoms with van der Waals surface area (Å²) < 4.78 is 10.1. The van der Waals surface area contributed by atoms with Gasteiger partial charge >= 0.3 is 0 Å². The lowest BCUT2D eigenvalue weighted by atomic mass is 10.1. The normalized spacial score (nSPS) is 21.4. The van der Waals surface area contributed by atoms with Crippen molar-refractivity contribution in [3.63, 3.8) is 0 Å². The number of imidazole rings is 1. The molecule has 3 N–H and O–H groups in total. The van der Waals surface area contributed by atoms with Gasteiger partial charge in [-0.3, -0.25) is 4.79 Å². The summed E-state index contributed by atoms with van der Waals surface area (Å²) in [6.07, 6.45) is 4.42. The van der Waals surface area contributed by atoms with E-state index in [1.54, 1.807) is 19.2 Å². The van der Waals surface area contributed by atoms with E-state index < -0.39 is 0 Å². The quantitative estimate of drug-likeness (QED) is 0.264. The number of halogens is 1. The van der Waals surface area contributed by atoms with E-state index in [1.165, 1.54) is 12.8 Å². The molecule has 3 aliphatic rings. The molecule has 43 heavy (non-hydrogen) atoms. The number of aromatic nitrogens is 4. The van der Waals surface area contributed by atoms with E-state index in [0.29, 0.717) is 46.5 Å². The van der Waals surface area contributed by atoms with Crippen LogP contribution in [-0.4, -0.2) is 60.8 Å². The van der Waals surface area contributed by atoms with Gasteiger partial charge in [-0.05, 0) is 73.9 Å². The summed E-state index contributed by atoms with van der Waals surface area (Å²) in [5, 5.41) is 11.5. The topological polar surface area (TPSA) is 111 Å². The number of ether oxygens (including phenoxy) is 1. The van der Waals surface area contributed by atoms with E-state index in [0.717, 1.165) is 47.5 Å². The molecule has 10 heteroatoms. The number of methoxy groups -OCH3 is 1. The Labute approximate surface area is 253 Å². The van der Waals surface area contributed by atoms with Crippen LogP contribution in [0.1, 0.15) is 36.0 Å². The summed E-state index contributed by atoms with van der Waals surface area (Å²) in [7, 11) is 3.61. The smallest absolute Gasteiger partial charge is 0.254 e. The van der Waals surface area contributed by atoms with Crippen LogP contribution in [0.15, 0.2) is 48.5 Å². The summed E-state index contributed by atoms with van der Waals surface area (Å²) in [6, 6.07) is 15.2. The number of hydrogen-bond acceptors (Lipinski definition) is 6. The highest BCUT2D eigenvalue weighted by Gasteiger charge is 2.47. The van der Waals surface area contributed by atoms with Crippen LogP contribution in [0.25, 0.3) is 44.8 Å². The lowest BCUT2D eigenvalue weighted by Gasteiger charge is -2.27. The summed E-state index contributed by atoms with van der Waals surface area (Å²) >= 11 is 6.46. The largest absolute Gasteiger partial charge is 0.506 e. The third-order valence-corrected chi connectivity index (χ3v) is 10.1. The highest BCUT2D eigenvalue weighted by atomic mass is 35.5. The summed E-state index contributed by atoms with van der Waals surface area (Å²) in [4.78, 5) is 25.8. The molecular formula is C33H33ClN6O3. The molecule has 4 heterocycles. The van der Waals surface area contributed by atoms with Crippen molar-refractivity contribution >= 4 is 39.6 Å². The van der Waals surface area contributed by atoms with E-state index >= 15 is 0 Å². The number of fused-ring (bicyclic) bond motifs is 4. The van der Waals surface area contributed by atoms with Crippen molar-refractivity contribution in [3.05, 3.63) is 59.1 Å². The number of phenolic OH excluding ortho intramolecular Hbond substituents is 1. The minimum Gasteiger partial charge on any atom is -0.506 e. The third kappa shape index (κ3) is 4.12. The van der Waals surface area contributed by atoms with Gasteiger partial charge in [-0.2, -0.15) is 0 Å². The second-order valence-electron chi connectivity index (χ2n) is 12.3. The number of nitrogens with zero attached hydrogens (tertiary/aromatic N) is 5. The molecule has 1 aliphatic heterocycles. The third-order valence-electron chi connectivity index (χ3n) is 9.68. The fraction of sp³-hybridized carbons (Fsp3) is 0.364. The van der Waals surface area contributed by atoms with Crippen LogP contribution in [0, 0.1) is 11.8 Å². The van der Waals surface area contributed by atoms with Gasteiger partial charge in [0.2, 0.25) is 0 Å². The molecule has 0 radical (unpaired) electrons. The van der Waals surface area contributed by atoms with Crippen LogP contribution in [-0.2, 0) is 13.6 Å². The van der Waals surface area contributed by atoms with E-state index in [-0.39, 0.29) is 28.8 Å². The Kier molecular flexibility index (Phi) is 6.00. The van der Waals surface area contributed by atoms with Gasteiger partial charge in [0.15, 0.2) is 5.82 Å². The van der Waals surface area contributed by atoms with Crippen molar-refractivity contribution in [2.45, 2.75) is 44.3 Å². The molecule has 2 saturated carbocycles. The van der Waals surface area contributed by atoms with Gasteiger partial charge in [-0.25, -0.2) is 9.97 Å². The van der Waals surface area contributed by atoms with Crippen molar-refractivity contribution < 1.29 is 14.6 Å². The molecule has 1 amide bonds. The van der Waals surface area contributed by atoms with Crippen LogP contribution in [0.3, 0.4) is 0 Å². The first-order valence-electron chi connectivity index (χ1n) is 14.9. The van der Waals surface area contributed by atoms with Crippen molar-refractivity contribution in [1.82, 2.24) is 24.0 Å². The molecule has 2 aromatic carbocycles. The highest BCUT2D eigenvalue weighted by Crippen LogP contribution is 2.41. The van der Waals surface area contributed by atoms with E-state index in [4.69, 9.17) is 32.0 Å². The van der Waals surface area contributed by atoms with Crippen LogP contribution >= 0.6 is 11.6 Å². The van der Waals surface area contributed by atoms with Crippen LogP contribution in [0.4, 0.5) is 0 Å². The summed E-state index contributed by atoms with van der Waals surface area (Å²) in [5.41, 5.74) is 11.7. The van der Waals surface area contributed by atoms with Crippen molar-refractivity contribution in [2.24, 2.45) is 24.6 Å². The first kappa shape index (κ1) is 26.5. The average Bonchev–Trinajstić information content (AvgIpc) is 3.42. The minimum absolute atomic E-state index is 0.0137. The van der Waals surface area contributed by atoms with Crippen molar-refractivity contribution in [3.8, 4) is 34.3 Å². The fourth-order valence-corrected chi connectivity index (χ4v) is 7.41. The number of hydrogen-bond donors (Lipinski definition) is 2. The van der Waals surface area contributed by atoms with Gasteiger partial charge in [0, 0.05) is 48.7 Å². The second kappa shape index (κ2) is 9.72. The Hall–Kier alpha value is -4.08. The molecule has 1 saturated heterocycles. The summed E-state index contributed by atoms with van der Waals surface area (Å²) in [5.74, 6) is 2.36. The number of piperidine rings is 1. The SMILES string of the molecule is COc1cc(C(=O)N2CC3CCC2C3N)cc2nc(-c3cc4ccc(-c5cccc(O)c5Cl)nc4n3CC3CC3)n(C)c12. The zero-order chi connectivity index (χ0) is 29.6. The first-order chi connectivity index (χ1) is 20.8. The number of phenols is 1. The fourth-order valence-electron chi connectivity index (χ4n) is 7.19. The number of pyridine rings is 1. The van der Waals surface area contributed by atoms with Crippen molar-refractivity contribution in [1.29, 1.82) is 0 Å². The molecule has 2 bridgehead atoms. The number of carbonyl (C=O) groups is 1. The molecule has 2 aliphatic carbocycles. The molecule has 5 aromatic rings. The van der Waals surface area contributed by atoms with E-state index in [1.807, 2.05) is 46.8 Å². The molecule has 3 fully saturated rings. The maximum Gasteiger partial charge on any atom is 0.254 e. The lowest BCUT2D eigenvalue weighted by Crippen LogP contribution is -2.41. The Balaban J connectivity index is 1.25. The number of aryl methyl sites for hydroxylation is 1. The zero-order valence-corrected chi connectivity index (χ0v) is 24.9. The molecule has 220 valence electrons. The van der Waals surface area contributed by atoms with Gasteiger partial charge in [0.25, 0.3) is 5.91 Å². The molecule has 0 spiro atoms. The maximum atomic E-state index is 13.7. The zero-order valence-electron chi connectivity index (χ0n) is 24.1. The molecule has 8 rings (SSSR count). The molecule has 9 nitrogen and oxygen atoms in total. The number of nitrogens with two attached hydrogens (primary N) is 1. The molecule has 3 atom stereocenters. The summed E-state index contributed by atoms with van der Waals surface area (Å²) in [6.45, 7) is 1.54. The van der Waals surface area contributed by atoms with E-state index in [9.17, 15) is 9.90 Å². The molecule has 3 aromatic heterocycles. The first-order valence-corrected chi connectivity index (χ1v) is 15.3.